The van der Waals surface area contributed by atoms with Gasteiger partial charge in [-0.25, -0.2) is 4.79 Å². The first-order valence-corrected chi connectivity index (χ1v) is 6.67. The normalized spacial score (nSPS) is 11.7. The standard InChI is InChI=1S/C15H17N3O4/c1-11(19)22-10-12(6-5-9-16)17-18-14-8-4-3-7-13(14)15(20)21-2/h3-4,7-8,12H,5-6,10H2,1-2H3. The second kappa shape index (κ2) is 9.23. The topological polar surface area (TPSA) is 101 Å². The number of carbonyl (C=O) groups excluding carboxylic acids is 2. The van der Waals surface area contributed by atoms with Gasteiger partial charge in [0.25, 0.3) is 0 Å². The minimum atomic E-state index is -0.511. The molecule has 0 radical (unpaired) electrons. The lowest BCUT2D eigenvalue weighted by atomic mass is 10.2. The SMILES string of the molecule is COC(=O)c1ccccc1N=NC(CCC#N)COC(C)=O. The fourth-order valence-electron chi connectivity index (χ4n) is 1.61. The molecule has 116 valence electrons. The van der Waals surface area contributed by atoms with Crippen LogP contribution in [0.15, 0.2) is 34.5 Å². The van der Waals surface area contributed by atoms with Gasteiger partial charge >= 0.3 is 11.9 Å². The molecule has 1 aromatic rings. The molecule has 7 nitrogen and oxygen atoms in total. The monoisotopic (exact) mass is 303 g/mol. The summed E-state index contributed by atoms with van der Waals surface area (Å²) in [4.78, 5) is 22.5. The molecule has 22 heavy (non-hydrogen) atoms. The largest absolute Gasteiger partial charge is 0.465 e. The summed E-state index contributed by atoms with van der Waals surface area (Å²) in [5.74, 6) is -0.935. The number of rotatable bonds is 7. The average molecular weight is 303 g/mol. The molecule has 0 N–H and O–H groups in total. The van der Waals surface area contributed by atoms with Crippen molar-refractivity contribution in [3.05, 3.63) is 29.8 Å². The number of azo groups is 1. The molecule has 0 fully saturated rings. The Bertz CT molecular complexity index is 593. The molecule has 1 unspecified atom stereocenters. The fourth-order valence-corrected chi connectivity index (χ4v) is 1.61. The highest BCUT2D eigenvalue weighted by Crippen LogP contribution is 2.21. The third-order valence-electron chi connectivity index (χ3n) is 2.71. The Morgan fingerprint density at radius 1 is 1.36 bits per heavy atom. The summed E-state index contributed by atoms with van der Waals surface area (Å²) in [5, 5.41) is 16.7. The highest BCUT2D eigenvalue weighted by molar-refractivity contribution is 5.94. The third kappa shape index (κ3) is 5.71. The molecule has 7 heteroatoms. The van der Waals surface area contributed by atoms with Gasteiger partial charge in [-0.2, -0.15) is 15.5 Å². The predicted octanol–water partition coefficient (Wildman–Crippen LogP) is 2.79. The van der Waals surface area contributed by atoms with Crippen LogP contribution in [0.25, 0.3) is 0 Å². The summed E-state index contributed by atoms with van der Waals surface area (Å²) >= 11 is 0. The molecule has 0 bridgehead atoms. The van der Waals surface area contributed by atoms with Crippen LogP contribution in [0.4, 0.5) is 5.69 Å². The van der Waals surface area contributed by atoms with Crippen LogP contribution in [0, 0.1) is 11.3 Å². The summed E-state index contributed by atoms with van der Waals surface area (Å²) in [5.41, 5.74) is 0.652. The lowest BCUT2D eigenvalue weighted by molar-refractivity contribution is -0.141. The molecule has 0 aromatic heterocycles. The number of esters is 2. The number of carbonyl (C=O) groups is 2. The van der Waals surface area contributed by atoms with Gasteiger partial charge in [-0.15, -0.1) is 0 Å². The molecule has 0 amide bonds. The molecule has 0 spiro atoms. The minimum Gasteiger partial charge on any atom is -0.465 e. The molecule has 1 atom stereocenters. The van der Waals surface area contributed by atoms with Crippen LogP contribution in [0.3, 0.4) is 0 Å². The minimum absolute atomic E-state index is 0.0426. The summed E-state index contributed by atoms with van der Waals surface area (Å²) < 4.78 is 9.57. The Hall–Kier alpha value is -2.75. The van der Waals surface area contributed by atoms with Crippen LogP contribution < -0.4 is 0 Å². The lowest BCUT2D eigenvalue weighted by Crippen LogP contribution is -2.15. The summed E-state index contributed by atoms with van der Waals surface area (Å²) in [6.07, 6.45) is 0.678. The van der Waals surface area contributed by atoms with E-state index in [1.165, 1.54) is 14.0 Å². The van der Waals surface area contributed by atoms with Gasteiger partial charge in [0.1, 0.15) is 12.6 Å². The maximum Gasteiger partial charge on any atom is 0.340 e. The predicted molar refractivity (Wildman–Crippen MR) is 77.6 cm³/mol. The van der Waals surface area contributed by atoms with Crippen molar-refractivity contribution >= 4 is 17.6 Å². The van der Waals surface area contributed by atoms with Crippen molar-refractivity contribution in [1.29, 1.82) is 5.26 Å². The molecule has 1 aromatic carbocycles. The third-order valence-corrected chi connectivity index (χ3v) is 2.71. The molecule has 1 rings (SSSR count). The maximum absolute atomic E-state index is 11.6. The fraction of sp³-hybridized carbons (Fsp3) is 0.400. The number of benzene rings is 1. The molecule has 0 aliphatic heterocycles. The molecule has 0 aliphatic carbocycles. The van der Waals surface area contributed by atoms with Crippen molar-refractivity contribution in [3.63, 3.8) is 0 Å². The molecule has 0 saturated heterocycles. The van der Waals surface area contributed by atoms with Gasteiger partial charge in [0.05, 0.1) is 24.4 Å². The zero-order valence-corrected chi connectivity index (χ0v) is 12.5. The van der Waals surface area contributed by atoms with Crippen molar-refractivity contribution in [2.45, 2.75) is 25.8 Å². The lowest BCUT2D eigenvalue weighted by Gasteiger charge is -2.09. The van der Waals surface area contributed by atoms with Gasteiger partial charge in [0, 0.05) is 13.3 Å². The second-order valence-electron chi connectivity index (χ2n) is 4.38. The quantitative estimate of drug-likeness (QED) is 0.569. The molecule has 0 aliphatic rings. The zero-order chi connectivity index (χ0) is 16.4. The number of hydrogen-bond donors (Lipinski definition) is 0. The molecular weight excluding hydrogens is 286 g/mol. The summed E-state index contributed by atoms with van der Waals surface area (Å²) in [7, 11) is 1.28. The van der Waals surface area contributed by atoms with Crippen LogP contribution in [-0.4, -0.2) is 31.7 Å². The van der Waals surface area contributed by atoms with Gasteiger partial charge in [-0.3, -0.25) is 4.79 Å². The van der Waals surface area contributed by atoms with Crippen LogP contribution >= 0.6 is 0 Å². The van der Waals surface area contributed by atoms with Crippen LogP contribution in [0.2, 0.25) is 0 Å². The van der Waals surface area contributed by atoms with Crippen LogP contribution in [-0.2, 0) is 14.3 Å². The first-order chi connectivity index (χ1) is 10.6. The Morgan fingerprint density at radius 3 is 2.73 bits per heavy atom. The number of hydrogen-bond acceptors (Lipinski definition) is 7. The van der Waals surface area contributed by atoms with Crippen LogP contribution in [0.5, 0.6) is 0 Å². The smallest absolute Gasteiger partial charge is 0.340 e. The molecule has 0 heterocycles. The molecular formula is C15H17N3O4. The average Bonchev–Trinajstić information content (AvgIpc) is 2.53. The Labute approximate surface area is 128 Å². The number of nitriles is 1. The van der Waals surface area contributed by atoms with Crippen LogP contribution in [0.1, 0.15) is 30.1 Å². The van der Waals surface area contributed by atoms with E-state index in [4.69, 9.17) is 10.00 Å². The Balaban J connectivity index is 2.87. The van der Waals surface area contributed by atoms with E-state index in [-0.39, 0.29) is 13.0 Å². The van der Waals surface area contributed by atoms with E-state index in [0.29, 0.717) is 17.7 Å². The highest BCUT2D eigenvalue weighted by Gasteiger charge is 2.13. The second-order valence-corrected chi connectivity index (χ2v) is 4.38. The van der Waals surface area contributed by atoms with Crippen molar-refractivity contribution in [1.82, 2.24) is 0 Å². The van der Waals surface area contributed by atoms with Gasteiger partial charge in [0.15, 0.2) is 0 Å². The Morgan fingerprint density at radius 2 is 2.09 bits per heavy atom. The van der Waals surface area contributed by atoms with Gasteiger partial charge in [-0.1, -0.05) is 12.1 Å². The van der Waals surface area contributed by atoms with E-state index in [9.17, 15) is 9.59 Å². The molecule has 0 saturated carbocycles. The van der Waals surface area contributed by atoms with E-state index in [1.54, 1.807) is 24.3 Å². The van der Waals surface area contributed by atoms with Gasteiger partial charge in [0.2, 0.25) is 0 Å². The Kier molecular flexibility index (Phi) is 7.26. The van der Waals surface area contributed by atoms with Crippen molar-refractivity contribution in [2.75, 3.05) is 13.7 Å². The van der Waals surface area contributed by atoms with E-state index < -0.39 is 18.0 Å². The first-order valence-electron chi connectivity index (χ1n) is 6.67. The van der Waals surface area contributed by atoms with Gasteiger partial charge < -0.3 is 9.47 Å². The highest BCUT2D eigenvalue weighted by atomic mass is 16.5. The number of nitrogens with zero attached hydrogens (tertiary/aromatic N) is 3. The van der Waals surface area contributed by atoms with Gasteiger partial charge in [-0.05, 0) is 18.6 Å². The number of methoxy groups -OCH3 is 1. The van der Waals surface area contributed by atoms with E-state index in [2.05, 4.69) is 15.0 Å². The van der Waals surface area contributed by atoms with E-state index >= 15 is 0 Å². The van der Waals surface area contributed by atoms with Crippen molar-refractivity contribution in [2.24, 2.45) is 10.2 Å². The summed E-state index contributed by atoms with van der Waals surface area (Å²) in [6, 6.07) is 8.19. The zero-order valence-electron chi connectivity index (χ0n) is 12.5. The van der Waals surface area contributed by atoms with Crippen molar-refractivity contribution in [3.8, 4) is 6.07 Å². The maximum atomic E-state index is 11.6. The first kappa shape index (κ1) is 17.3. The van der Waals surface area contributed by atoms with E-state index in [1.807, 2.05) is 6.07 Å². The van der Waals surface area contributed by atoms with Crippen molar-refractivity contribution < 1.29 is 19.1 Å². The summed E-state index contributed by atoms with van der Waals surface area (Å²) in [6.45, 7) is 1.34. The number of ether oxygens (including phenoxy) is 2. The van der Waals surface area contributed by atoms with E-state index in [0.717, 1.165) is 0 Å².